The van der Waals surface area contributed by atoms with E-state index in [1.807, 2.05) is 0 Å². The van der Waals surface area contributed by atoms with Crippen molar-refractivity contribution in [3.05, 3.63) is 41.6 Å². The second-order valence-corrected chi connectivity index (χ2v) is 3.95. The largest absolute Gasteiger partial charge is 0.393 e. The Morgan fingerprint density at radius 1 is 1.76 bits per heavy atom. The first-order valence-electron chi connectivity index (χ1n) is 5.26. The molecular formula is C11H14N2O4. The van der Waals surface area contributed by atoms with Crippen LogP contribution in [0.15, 0.2) is 35.9 Å². The third-order valence-electron chi connectivity index (χ3n) is 2.99. The Bertz CT molecular complexity index is 473. The van der Waals surface area contributed by atoms with Crippen LogP contribution in [-0.2, 0) is 4.74 Å². The van der Waals surface area contributed by atoms with Gasteiger partial charge in [-0.25, -0.2) is 9.78 Å². The fourth-order valence-corrected chi connectivity index (χ4v) is 1.92. The molecule has 0 unspecified atom stereocenters. The average Bonchev–Trinajstić information content (AvgIpc) is 2.67. The molecule has 0 radical (unpaired) electrons. The van der Waals surface area contributed by atoms with Crippen molar-refractivity contribution in [2.45, 2.75) is 24.4 Å². The van der Waals surface area contributed by atoms with Gasteiger partial charge in [-0.2, -0.15) is 0 Å². The number of aliphatic hydroxyl groups excluding tert-OH is 2. The van der Waals surface area contributed by atoms with Gasteiger partial charge in [0.1, 0.15) is 11.8 Å². The molecular weight excluding hydrogens is 224 g/mol. The lowest BCUT2D eigenvalue weighted by atomic mass is 9.98. The SMILES string of the molecule is C=C[C@]1(CO)O[C@@H](n2cccnc2=O)C[C@@H]1O. The van der Waals surface area contributed by atoms with Crippen LogP contribution in [0.1, 0.15) is 12.6 Å². The summed E-state index contributed by atoms with van der Waals surface area (Å²) in [5.74, 6) is 0. The summed E-state index contributed by atoms with van der Waals surface area (Å²) in [5, 5.41) is 19.1. The molecule has 2 heterocycles. The molecule has 1 aliphatic heterocycles. The third-order valence-corrected chi connectivity index (χ3v) is 2.99. The summed E-state index contributed by atoms with van der Waals surface area (Å²) < 4.78 is 6.81. The van der Waals surface area contributed by atoms with Crippen molar-refractivity contribution in [2.24, 2.45) is 0 Å². The molecule has 0 saturated carbocycles. The number of ether oxygens (including phenoxy) is 1. The molecule has 6 nitrogen and oxygen atoms in total. The van der Waals surface area contributed by atoms with E-state index in [0.29, 0.717) is 0 Å². The fourth-order valence-electron chi connectivity index (χ4n) is 1.92. The van der Waals surface area contributed by atoms with E-state index < -0.39 is 23.6 Å². The van der Waals surface area contributed by atoms with Crippen molar-refractivity contribution in [3.8, 4) is 0 Å². The van der Waals surface area contributed by atoms with E-state index in [4.69, 9.17) is 4.74 Å². The van der Waals surface area contributed by atoms with Gasteiger partial charge in [-0.3, -0.25) is 4.57 Å². The van der Waals surface area contributed by atoms with E-state index in [2.05, 4.69) is 11.6 Å². The molecule has 1 saturated heterocycles. The molecule has 1 aromatic heterocycles. The summed E-state index contributed by atoms with van der Waals surface area (Å²) in [6, 6.07) is 1.60. The molecule has 92 valence electrons. The normalized spacial score (nSPS) is 32.6. The summed E-state index contributed by atoms with van der Waals surface area (Å²) in [6.07, 6.45) is 2.94. The lowest BCUT2D eigenvalue weighted by Crippen LogP contribution is -2.41. The monoisotopic (exact) mass is 238 g/mol. The Morgan fingerprint density at radius 3 is 3.06 bits per heavy atom. The second kappa shape index (κ2) is 4.40. The predicted octanol–water partition coefficient (Wildman–Crippen LogP) is -0.560. The maximum atomic E-state index is 11.5. The fraction of sp³-hybridized carbons (Fsp3) is 0.455. The number of nitrogens with zero attached hydrogens (tertiary/aromatic N) is 2. The first kappa shape index (κ1) is 12.0. The Hall–Kier alpha value is -1.50. The predicted molar refractivity (Wildman–Crippen MR) is 59.3 cm³/mol. The number of hydrogen-bond acceptors (Lipinski definition) is 5. The Balaban J connectivity index is 2.31. The molecule has 1 aromatic rings. The van der Waals surface area contributed by atoms with Gasteiger partial charge in [0.05, 0.1) is 12.7 Å². The van der Waals surface area contributed by atoms with Gasteiger partial charge < -0.3 is 14.9 Å². The van der Waals surface area contributed by atoms with E-state index in [0.717, 1.165) is 0 Å². The Morgan fingerprint density at radius 2 is 2.53 bits per heavy atom. The summed E-state index contributed by atoms with van der Waals surface area (Å²) >= 11 is 0. The maximum Gasteiger partial charge on any atom is 0.349 e. The van der Waals surface area contributed by atoms with Crippen LogP contribution in [0.3, 0.4) is 0 Å². The molecule has 2 N–H and O–H groups in total. The van der Waals surface area contributed by atoms with Crippen LogP contribution in [0.4, 0.5) is 0 Å². The van der Waals surface area contributed by atoms with Crippen LogP contribution < -0.4 is 5.69 Å². The number of aromatic nitrogens is 2. The zero-order chi connectivity index (χ0) is 12.5. The second-order valence-electron chi connectivity index (χ2n) is 3.95. The molecule has 0 amide bonds. The molecule has 1 aliphatic rings. The van der Waals surface area contributed by atoms with Gasteiger partial charge in [0.2, 0.25) is 0 Å². The first-order valence-corrected chi connectivity index (χ1v) is 5.26. The minimum absolute atomic E-state index is 0.207. The summed E-state index contributed by atoms with van der Waals surface area (Å²) in [5.41, 5.74) is -1.66. The van der Waals surface area contributed by atoms with Crippen molar-refractivity contribution in [3.63, 3.8) is 0 Å². The summed E-state index contributed by atoms with van der Waals surface area (Å²) in [7, 11) is 0. The number of rotatable bonds is 3. The highest BCUT2D eigenvalue weighted by Gasteiger charge is 2.46. The lowest BCUT2D eigenvalue weighted by Gasteiger charge is -2.26. The van der Waals surface area contributed by atoms with Crippen LogP contribution in [0.2, 0.25) is 0 Å². The quantitative estimate of drug-likeness (QED) is 0.689. The molecule has 17 heavy (non-hydrogen) atoms. The summed E-state index contributed by atoms with van der Waals surface area (Å²) in [4.78, 5) is 15.1. The minimum atomic E-state index is -1.21. The third kappa shape index (κ3) is 1.90. The van der Waals surface area contributed by atoms with E-state index in [1.54, 1.807) is 6.07 Å². The molecule has 0 bridgehead atoms. The van der Waals surface area contributed by atoms with Crippen molar-refractivity contribution >= 4 is 0 Å². The van der Waals surface area contributed by atoms with Gasteiger partial charge in [0, 0.05) is 18.8 Å². The number of aliphatic hydroxyl groups is 2. The van der Waals surface area contributed by atoms with Gasteiger partial charge in [-0.15, -0.1) is 6.58 Å². The standard InChI is InChI=1S/C11H14N2O4/c1-2-11(7-14)8(15)6-9(17-11)13-5-3-4-12-10(13)16/h2-5,8-9,14-15H,1,6-7H2/t8-,9+,11+/m0/s1. The molecule has 2 rings (SSSR count). The molecule has 0 aromatic carbocycles. The lowest BCUT2D eigenvalue weighted by molar-refractivity contribution is -0.0973. The van der Waals surface area contributed by atoms with E-state index >= 15 is 0 Å². The molecule has 0 spiro atoms. The van der Waals surface area contributed by atoms with Crippen LogP contribution >= 0.6 is 0 Å². The number of hydrogen-bond donors (Lipinski definition) is 2. The van der Waals surface area contributed by atoms with Crippen LogP contribution in [0.5, 0.6) is 0 Å². The van der Waals surface area contributed by atoms with E-state index in [1.165, 1.54) is 23.0 Å². The first-order chi connectivity index (χ1) is 8.13. The van der Waals surface area contributed by atoms with E-state index in [9.17, 15) is 15.0 Å². The Labute approximate surface area is 97.8 Å². The highest BCUT2D eigenvalue weighted by atomic mass is 16.6. The van der Waals surface area contributed by atoms with Crippen molar-refractivity contribution < 1.29 is 14.9 Å². The molecule has 1 fully saturated rings. The van der Waals surface area contributed by atoms with E-state index in [-0.39, 0.29) is 13.0 Å². The van der Waals surface area contributed by atoms with Gasteiger partial charge >= 0.3 is 5.69 Å². The highest BCUT2D eigenvalue weighted by Crippen LogP contribution is 2.36. The zero-order valence-electron chi connectivity index (χ0n) is 9.19. The van der Waals surface area contributed by atoms with Gasteiger partial charge in [-0.05, 0) is 6.07 Å². The average molecular weight is 238 g/mol. The molecule has 0 aliphatic carbocycles. The van der Waals surface area contributed by atoms with Crippen molar-refractivity contribution in [1.82, 2.24) is 9.55 Å². The smallest absolute Gasteiger partial charge is 0.349 e. The van der Waals surface area contributed by atoms with Crippen LogP contribution in [0.25, 0.3) is 0 Å². The highest BCUT2D eigenvalue weighted by molar-refractivity contribution is 5.07. The summed E-state index contributed by atoms with van der Waals surface area (Å²) in [6.45, 7) is 3.15. The van der Waals surface area contributed by atoms with Crippen molar-refractivity contribution in [1.29, 1.82) is 0 Å². The topological polar surface area (TPSA) is 84.6 Å². The zero-order valence-corrected chi connectivity index (χ0v) is 9.19. The van der Waals surface area contributed by atoms with Crippen LogP contribution in [0, 0.1) is 0 Å². The van der Waals surface area contributed by atoms with Gasteiger partial charge in [-0.1, -0.05) is 6.08 Å². The van der Waals surface area contributed by atoms with Gasteiger partial charge in [0.25, 0.3) is 0 Å². The van der Waals surface area contributed by atoms with Gasteiger partial charge in [0.15, 0.2) is 0 Å². The van der Waals surface area contributed by atoms with Crippen LogP contribution in [-0.4, -0.2) is 38.1 Å². The minimum Gasteiger partial charge on any atom is -0.393 e. The maximum absolute atomic E-state index is 11.5. The molecule has 3 atom stereocenters. The Kier molecular flexibility index (Phi) is 3.10. The van der Waals surface area contributed by atoms with Crippen molar-refractivity contribution in [2.75, 3.05) is 6.61 Å². The molecule has 6 heteroatoms.